The molecule has 0 bridgehead atoms. The minimum absolute atomic E-state index is 0.0800. The Balaban J connectivity index is 1.72. The lowest BCUT2D eigenvalue weighted by Crippen LogP contribution is -2.43. The largest absolute Gasteiger partial charge is 0.496 e. The number of nitrogens with zero attached hydrogens (tertiary/aromatic N) is 1. The summed E-state index contributed by atoms with van der Waals surface area (Å²) in [6.45, 7) is 2.09. The van der Waals surface area contributed by atoms with Crippen molar-refractivity contribution in [2.45, 2.75) is 0 Å². The molecule has 1 saturated heterocycles. The number of carboxylic acids is 1. The molecule has 0 saturated carbocycles. The predicted molar refractivity (Wildman–Crippen MR) is 116 cm³/mol. The summed E-state index contributed by atoms with van der Waals surface area (Å²) in [5.74, 6) is -0.353. The Kier molecular flexibility index (Phi) is 6.04. The highest BCUT2D eigenvalue weighted by Gasteiger charge is 2.20. The van der Waals surface area contributed by atoms with Gasteiger partial charge in [-0.1, -0.05) is 36.4 Å². The van der Waals surface area contributed by atoms with Crippen LogP contribution in [0.15, 0.2) is 54.6 Å². The third-order valence-corrected chi connectivity index (χ3v) is 5.33. The number of benzene rings is 3. The number of morpholine rings is 1. The van der Waals surface area contributed by atoms with Crippen LogP contribution in [0.25, 0.3) is 21.9 Å². The Hall–Kier alpha value is -3.58. The first kappa shape index (κ1) is 20.7. The third kappa shape index (κ3) is 4.32. The lowest BCUT2D eigenvalue weighted by atomic mass is 9.96. The van der Waals surface area contributed by atoms with E-state index in [0.717, 1.165) is 21.9 Å². The normalized spacial score (nSPS) is 13.8. The van der Waals surface area contributed by atoms with Gasteiger partial charge in [0.1, 0.15) is 17.1 Å². The van der Waals surface area contributed by atoms with Crippen LogP contribution in [0.4, 0.5) is 0 Å². The number of rotatable bonds is 6. The predicted octanol–water partition coefficient (Wildman–Crippen LogP) is 3.45. The molecule has 1 N–H and O–H groups in total. The van der Waals surface area contributed by atoms with Crippen LogP contribution in [-0.4, -0.2) is 61.9 Å². The number of hydrogen-bond acceptors (Lipinski definition) is 5. The Morgan fingerprint density at radius 3 is 2.55 bits per heavy atom. The Bertz CT molecular complexity index is 1120. The fourth-order valence-electron chi connectivity index (χ4n) is 3.74. The minimum Gasteiger partial charge on any atom is -0.496 e. The van der Waals surface area contributed by atoms with Crippen molar-refractivity contribution >= 4 is 22.6 Å². The number of carboxylic acid groups (broad SMARTS) is 1. The summed E-state index contributed by atoms with van der Waals surface area (Å²) in [5, 5.41) is 11.3. The molecule has 3 aromatic rings. The van der Waals surface area contributed by atoms with Crippen LogP contribution in [0.3, 0.4) is 0 Å². The van der Waals surface area contributed by atoms with Crippen molar-refractivity contribution in [2.24, 2.45) is 0 Å². The van der Waals surface area contributed by atoms with Crippen LogP contribution in [0.5, 0.6) is 11.5 Å². The number of ether oxygens (including phenoxy) is 3. The van der Waals surface area contributed by atoms with Gasteiger partial charge in [0.2, 0.25) is 0 Å². The maximum absolute atomic E-state index is 12.6. The molecule has 1 amide bonds. The van der Waals surface area contributed by atoms with E-state index < -0.39 is 5.97 Å². The molecule has 4 rings (SSSR count). The number of carbonyl (C=O) groups is 2. The zero-order chi connectivity index (χ0) is 21.8. The molecule has 3 aromatic carbocycles. The van der Waals surface area contributed by atoms with E-state index in [0.29, 0.717) is 32.1 Å². The van der Waals surface area contributed by atoms with Crippen LogP contribution in [0.2, 0.25) is 0 Å². The van der Waals surface area contributed by atoms with Crippen LogP contribution in [-0.2, 0) is 9.53 Å². The van der Waals surface area contributed by atoms with Crippen LogP contribution in [0, 0.1) is 0 Å². The van der Waals surface area contributed by atoms with Crippen molar-refractivity contribution in [1.82, 2.24) is 4.90 Å². The average Bonchev–Trinajstić information content (AvgIpc) is 2.82. The molecule has 0 spiro atoms. The molecule has 1 aliphatic heterocycles. The molecule has 31 heavy (non-hydrogen) atoms. The van der Waals surface area contributed by atoms with Gasteiger partial charge in [0.15, 0.2) is 6.61 Å². The van der Waals surface area contributed by atoms with Gasteiger partial charge in [0, 0.05) is 18.7 Å². The third-order valence-electron chi connectivity index (χ3n) is 5.33. The quantitative estimate of drug-likeness (QED) is 0.656. The van der Waals surface area contributed by atoms with Gasteiger partial charge < -0.3 is 24.2 Å². The molecule has 0 radical (unpaired) electrons. The second-order valence-corrected chi connectivity index (χ2v) is 7.16. The molecule has 1 aliphatic rings. The van der Waals surface area contributed by atoms with Crippen LogP contribution in [0.1, 0.15) is 10.4 Å². The number of hydrogen-bond donors (Lipinski definition) is 1. The zero-order valence-electron chi connectivity index (χ0n) is 17.2. The van der Waals surface area contributed by atoms with Gasteiger partial charge in [0.05, 0.1) is 20.3 Å². The molecule has 1 heterocycles. The smallest absolute Gasteiger partial charge is 0.339 e. The molecule has 7 nitrogen and oxygen atoms in total. The Morgan fingerprint density at radius 1 is 1.03 bits per heavy atom. The van der Waals surface area contributed by atoms with Gasteiger partial charge in [-0.3, -0.25) is 4.79 Å². The first-order chi connectivity index (χ1) is 15.1. The summed E-state index contributed by atoms with van der Waals surface area (Å²) < 4.78 is 16.6. The number of methoxy groups -OCH3 is 1. The van der Waals surface area contributed by atoms with Crippen LogP contribution < -0.4 is 9.47 Å². The number of amides is 1. The standard InChI is InChI=1S/C24H23NO6/c1-29-21-14-17(6-8-19(21)24(27)28)23-18-5-3-2-4-16(18)7-9-20(23)31-15-22(26)25-10-12-30-13-11-25/h2-9,14H,10-13,15H2,1H3,(H,27,28). The lowest BCUT2D eigenvalue weighted by Gasteiger charge is -2.27. The first-order valence-corrected chi connectivity index (χ1v) is 10.0. The molecule has 0 unspecified atom stereocenters. The molecule has 0 atom stereocenters. The molecular weight excluding hydrogens is 398 g/mol. The van der Waals surface area contributed by atoms with Gasteiger partial charge in [-0.25, -0.2) is 4.79 Å². The van der Waals surface area contributed by atoms with E-state index in [1.807, 2.05) is 36.4 Å². The molecule has 0 aromatic heterocycles. The van der Waals surface area contributed by atoms with Crippen molar-refractivity contribution in [3.05, 3.63) is 60.2 Å². The van der Waals surface area contributed by atoms with Crippen molar-refractivity contribution in [3.8, 4) is 22.6 Å². The van der Waals surface area contributed by atoms with Crippen molar-refractivity contribution in [2.75, 3.05) is 40.0 Å². The SMILES string of the molecule is COc1cc(-c2c(OCC(=O)N3CCOCC3)ccc3ccccc23)ccc1C(=O)O. The summed E-state index contributed by atoms with van der Waals surface area (Å²) in [7, 11) is 1.44. The minimum atomic E-state index is -1.06. The van der Waals surface area contributed by atoms with Gasteiger partial charge in [-0.15, -0.1) is 0 Å². The van der Waals surface area contributed by atoms with Crippen molar-refractivity contribution in [3.63, 3.8) is 0 Å². The zero-order valence-corrected chi connectivity index (χ0v) is 17.2. The van der Waals surface area contributed by atoms with E-state index >= 15 is 0 Å². The van der Waals surface area contributed by atoms with Gasteiger partial charge in [-0.2, -0.15) is 0 Å². The summed E-state index contributed by atoms with van der Waals surface area (Å²) in [4.78, 5) is 25.8. The summed E-state index contributed by atoms with van der Waals surface area (Å²) in [5.41, 5.74) is 1.60. The van der Waals surface area contributed by atoms with Crippen molar-refractivity contribution in [1.29, 1.82) is 0 Å². The van der Waals surface area contributed by atoms with E-state index in [2.05, 4.69) is 0 Å². The van der Waals surface area contributed by atoms with Gasteiger partial charge >= 0.3 is 5.97 Å². The molecule has 0 aliphatic carbocycles. The van der Waals surface area contributed by atoms with Gasteiger partial charge in [0.25, 0.3) is 5.91 Å². The topological polar surface area (TPSA) is 85.3 Å². The number of carbonyl (C=O) groups excluding carboxylic acids is 1. The maximum atomic E-state index is 12.6. The van der Waals surface area contributed by atoms with Crippen LogP contribution >= 0.6 is 0 Å². The molecule has 160 valence electrons. The van der Waals surface area contributed by atoms with Crippen molar-refractivity contribution < 1.29 is 28.9 Å². The van der Waals surface area contributed by atoms with E-state index in [1.54, 1.807) is 17.0 Å². The van der Waals surface area contributed by atoms with E-state index in [4.69, 9.17) is 14.2 Å². The highest BCUT2D eigenvalue weighted by molar-refractivity contribution is 6.01. The van der Waals surface area contributed by atoms with E-state index in [1.165, 1.54) is 13.2 Å². The average molecular weight is 421 g/mol. The first-order valence-electron chi connectivity index (χ1n) is 10.0. The van der Waals surface area contributed by atoms with E-state index in [-0.39, 0.29) is 23.8 Å². The molecular formula is C24H23NO6. The van der Waals surface area contributed by atoms with E-state index in [9.17, 15) is 14.7 Å². The molecule has 7 heteroatoms. The lowest BCUT2D eigenvalue weighted by molar-refractivity contribution is -0.137. The second-order valence-electron chi connectivity index (χ2n) is 7.16. The monoisotopic (exact) mass is 421 g/mol. The fourth-order valence-corrected chi connectivity index (χ4v) is 3.74. The Labute approximate surface area is 179 Å². The molecule has 1 fully saturated rings. The number of aromatic carboxylic acids is 1. The highest BCUT2D eigenvalue weighted by Crippen LogP contribution is 2.39. The summed E-state index contributed by atoms with van der Waals surface area (Å²) >= 11 is 0. The fraction of sp³-hybridized carbons (Fsp3) is 0.250. The maximum Gasteiger partial charge on any atom is 0.339 e. The number of fused-ring (bicyclic) bond motifs is 1. The van der Waals surface area contributed by atoms with Gasteiger partial charge in [-0.05, 0) is 34.5 Å². The Morgan fingerprint density at radius 2 is 1.81 bits per heavy atom. The summed E-state index contributed by atoms with van der Waals surface area (Å²) in [6.07, 6.45) is 0. The summed E-state index contributed by atoms with van der Waals surface area (Å²) in [6, 6.07) is 16.5. The second kappa shape index (κ2) is 9.06. The highest BCUT2D eigenvalue weighted by atomic mass is 16.5.